The number of benzene rings is 2. The zero-order valence-corrected chi connectivity index (χ0v) is 17.8. The topological polar surface area (TPSA) is 154 Å². The van der Waals surface area contributed by atoms with Crippen molar-refractivity contribution >= 4 is 35.1 Å². The number of carbonyl (C=O) groups is 4. The molecule has 176 valence electrons. The summed E-state index contributed by atoms with van der Waals surface area (Å²) < 4.78 is 15.8. The van der Waals surface area contributed by atoms with Gasteiger partial charge in [-0.2, -0.15) is 0 Å². The molecule has 2 aromatic carbocycles. The van der Waals surface area contributed by atoms with Crippen LogP contribution in [0.4, 0.5) is 11.4 Å². The van der Waals surface area contributed by atoms with Crippen molar-refractivity contribution in [3.8, 4) is 11.5 Å². The highest BCUT2D eigenvalue weighted by molar-refractivity contribution is 6.21. The van der Waals surface area contributed by atoms with Crippen LogP contribution in [0.25, 0.3) is 0 Å². The average molecular weight is 469 g/mol. The number of rotatable bonds is 7. The van der Waals surface area contributed by atoms with E-state index in [0.29, 0.717) is 19.6 Å². The molecule has 2 heterocycles. The normalized spacial score (nSPS) is 14.3. The molecule has 0 saturated heterocycles. The van der Waals surface area contributed by atoms with E-state index in [0.717, 1.165) is 11.0 Å². The van der Waals surface area contributed by atoms with Crippen LogP contribution in [0.5, 0.6) is 11.5 Å². The highest BCUT2D eigenvalue weighted by Crippen LogP contribution is 2.39. The molecular weight excluding hydrogens is 450 g/mol. The number of nitrogens with zero attached hydrogens (tertiary/aromatic N) is 2. The maximum Gasteiger partial charge on any atom is 0.308 e. The van der Waals surface area contributed by atoms with Gasteiger partial charge < -0.3 is 19.5 Å². The van der Waals surface area contributed by atoms with Gasteiger partial charge in [-0.25, -0.2) is 0 Å². The van der Waals surface area contributed by atoms with Crippen molar-refractivity contribution in [3.63, 3.8) is 0 Å². The second-order valence-electron chi connectivity index (χ2n) is 7.39. The number of hydrogen-bond acceptors (Lipinski definition) is 9. The molecule has 0 aromatic heterocycles. The Hall–Kier alpha value is -4.48. The van der Waals surface area contributed by atoms with E-state index in [2.05, 4.69) is 5.32 Å². The van der Waals surface area contributed by atoms with E-state index in [1.807, 2.05) is 0 Å². The molecule has 1 N–H and O–H groups in total. The molecule has 0 fully saturated rings. The number of nitro groups is 1. The minimum absolute atomic E-state index is 0.138. The maximum atomic E-state index is 12.3. The second kappa shape index (κ2) is 9.57. The van der Waals surface area contributed by atoms with Crippen molar-refractivity contribution in [3.05, 3.63) is 57.6 Å². The molecule has 0 unspecified atom stereocenters. The number of amides is 3. The number of esters is 1. The fourth-order valence-electron chi connectivity index (χ4n) is 3.50. The van der Waals surface area contributed by atoms with Crippen LogP contribution in [0.15, 0.2) is 36.4 Å². The summed E-state index contributed by atoms with van der Waals surface area (Å²) in [4.78, 5) is 60.6. The summed E-state index contributed by atoms with van der Waals surface area (Å²) >= 11 is 0. The predicted molar refractivity (Wildman–Crippen MR) is 115 cm³/mol. The summed E-state index contributed by atoms with van der Waals surface area (Å²) in [6.45, 7) is -0.234. The minimum atomic E-state index is -0.820. The van der Waals surface area contributed by atoms with Gasteiger partial charge in [0.15, 0.2) is 18.1 Å². The third-order valence-corrected chi connectivity index (χ3v) is 5.12. The number of fused-ring (bicyclic) bond motifs is 2. The van der Waals surface area contributed by atoms with Gasteiger partial charge in [0.25, 0.3) is 23.4 Å². The lowest BCUT2D eigenvalue weighted by Gasteiger charge is -2.13. The standard InChI is InChI=1S/C22H19N3O9/c26-19(23-15-10-17-18(11-16(15)25(30)31)33-9-3-8-32-17)12-34-20(27)6-7-24-21(28)13-4-1-2-5-14(13)22(24)29/h1-2,4-5,10-11H,3,6-9,12H2,(H,23,26). The first-order valence-corrected chi connectivity index (χ1v) is 10.3. The van der Waals surface area contributed by atoms with Gasteiger partial charge in [0, 0.05) is 19.0 Å². The lowest BCUT2D eigenvalue weighted by Crippen LogP contribution is -2.32. The Morgan fingerprint density at radius 3 is 2.29 bits per heavy atom. The first-order valence-electron chi connectivity index (χ1n) is 10.3. The molecule has 2 aliphatic rings. The molecule has 0 spiro atoms. The maximum absolute atomic E-state index is 12.3. The van der Waals surface area contributed by atoms with Crippen LogP contribution < -0.4 is 14.8 Å². The molecule has 0 radical (unpaired) electrons. The highest BCUT2D eigenvalue weighted by atomic mass is 16.6. The van der Waals surface area contributed by atoms with Crippen LogP contribution in [0.1, 0.15) is 33.6 Å². The van der Waals surface area contributed by atoms with Gasteiger partial charge in [0.05, 0.1) is 41.8 Å². The number of hydrogen-bond donors (Lipinski definition) is 1. The molecule has 0 aliphatic carbocycles. The van der Waals surface area contributed by atoms with Gasteiger partial charge in [-0.15, -0.1) is 0 Å². The van der Waals surface area contributed by atoms with E-state index < -0.39 is 40.9 Å². The lowest BCUT2D eigenvalue weighted by atomic mass is 10.1. The fraction of sp³-hybridized carbons (Fsp3) is 0.273. The van der Waals surface area contributed by atoms with Gasteiger partial charge in [-0.3, -0.25) is 34.2 Å². The zero-order chi connectivity index (χ0) is 24.2. The van der Waals surface area contributed by atoms with Crippen LogP contribution >= 0.6 is 0 Å². The van der Waals surface area contributed by atoms with Crippen molar-refractivity contribution in [2.24, 2.45) is 0 Å². The first-order chi connectivity index (χ1) is 16.3. The van der Waals surface area contributed by atoms with E-state index in [1.165, 1.54) is 18.2 Å². The van der Waals surface area contributed by atoms with E-state index >= 15 is 0 Å². The smallest absolute Gasteiger partial charge is 0.308 e. The molecule has 2 aliphatic heterocycles. The number of nitrogens with one attached hydrogen (secondary N) is 1. The Kier molecular flexibility index (Phi) is 6.39. The Balaban J connectivity index is 1.32. The summed E-state index contributed by atoms with van der Waals surface area (Å²) in [5.41, 5.74) is -0.0233. The minimum Gasteiger partial charge on any atom is -0.489 e. The lowest BCUT2D eigenvalue weighted by molar-refractivity contribution is -0.384. The van der Waals surface area contributed by atoms with E-state index in [1.54, 1.807) is 12.1 Å². The third-order valence-electron chi connectivity index (χ3n) is 5.12. The molecule has 0 atom stereocenters. The van der Waals surface area contributed by atoms with E-state index in [4.69, 9.17) is 14.2 Å². The van der Waals surface area contributed by atoms with Crippen LogP contribution in [0, 0.1) is 10.1 Å². The summed E-state index contributed by atoms with van der Waals surface area (Å²) in [6.07, 6.45) is 0.282. The summed E-state index contributed by atoms with van der Waals surface area (Å²) in [5.74, 6) is -2.20. The molecule has 34 heavy (non-hydrogen) atoms. The molecule has 3 amide bonds. The SMILES string of the molecule is O=C(COC(=O)CCN1C(=O)c2ccccc2C1=O)Nc1cc2c(cc1[N+](=O)[O-])OCCCO2. The molecular formula is C22H19N3O9. The van der Waals surface area contributed by atoms with Crippen LogP contribution in [-0.4, -0.2) is 59.9 Å². The first kappa shape index (κ1) is 22.7. The average Bonchev–Trinajstić information content (AvgIpc) is 2.96. The number of anilines is 1. The van der Waals surface area contributed by atoms with E-state index in [9.17, 15) is 29.3 Å². The largest absolute Gasteiger partial charge is 0.489 e. The number of imide groups is 1. The van der Waals surface area contributed by atoms with Gasteiger partial charge in [0.2, 0.25) is 0 Å². The van der Waals surface area contributed by atoms with Crippen LogP contribution in [0.3, 0.4) is 0 Å². The van der Waals surface area contributed by atoms with Gasteiger partial charge in [0.1, 0.15) is 5.69 Å². The van der Waals surface area contributed by atoms with Gasteiger partial charge in [-0.1, -0.05) is 12.1 Å². The van der Waals surface area contributed by atoms with Crippen molar-refractivity contribution < 1.29 is 38.3 Å². The Morgan fingerprint density at radius 2 is 1.68 bits per heavy atom. The Morgan fingerprint density at radius 1 is 1.06 bits per heavy atom. The summed E-state index contributed by atoms with van der Waals surface area (Å²) in [7, 11) is 0. The third kappa shape index (κ3) is 4.65. The van der Waals surface area contributed by atoms with Crippen molar-refractivity contribution in [2.45, 2.75) is 12.8 Å². The molecule has 0 saturated carbocycles. The van der Waals surface area contributed by atoms with Gasteiger partial charge >= 0.3 is 5.97 Å². The van der Waals surface area contributed by atoms with E-state index in [-0.39, 0.29) is 41.3 Å². The molecule has 4 rings (SSSR count). The van der Waals surface area contributed by atoms with Crippen molar-refractivity contribution in [1.82, 2.24) is 4.90 Å². The molecule has 12 heteroatoms. The number of nitro benzene ring substituents is 1. The Bertz CT molecular complexity index is 1160. The zero-order valence-electron chi connectivity index (χ0n) is 17.8. The fourth-order valence-corrected chi connectivity index (χ4v) is 3.50. The van der Waals surface area contributed by atoms with Crippen LogP contribution in [-0.2, 0) is 14.3 Å². The van der Waals surface area contributed by atoms with Gasteiger partial charge in [-0.05, 0) is 12.1 Å². The molecule has 0 bridgehead atoms. The number of carbonyl (C=O) groups excluding carboxylic acids is 4. The quantitative estimate of drug-likeness (QED) is 0.277. The monoisotopic (exact) mass is 469 g/mol. The predicted octanol–water partition coefficient (Wildman–Crippen LogP) is 1.92. The second-order valence-corrected chi connectivity index (χ2v) is 7.39. The Labute approximate surface area is 192 Å². The molecule has 12 nitrogen and oxygen atoms in total. The summed E-state index contributed by atoms with van der Waals surface area (Å²) in [5, 5.41) is 13.7. The van der Waals surface area contributed by atoms with Crippen molar-refractivity contribution in [1.29, 1.82) is 0 Å². The van der Waals surface area contributed by atoms with Crippen LogP contribution in [0.2, 0.25) is 0 Å². The summed E-state index contributed by atoms with van der Waals surface area (Å²) in [6, 6.07) is 8.75. The van der Waals surface area contributed by atoms with Crippen molar-refractivity contribution in [2.75, 3.05) is 31.7 Å². The molecule has 2 aromatic rings. The highest BCUT2D eigenvalue weighted by Gasteiger charge is 2.35. The number of ether oxygens (including phenoxy) is 3.